The fourth-order valence-electron chi connectivity index (χ4n) is 8.27. The molecule has 0 saturated carbocycles. The summed E-state index contributed by atoms with van der Waals surface area (Å²) >= 11 is 6.42. The lowest BCUT2D eigenvalue weighted by Crippen LogP contribution is -2.33. The van der Waals surface area contributed by atoms with Crippen LogP contribution in [0, 0.1) is 12.8 Å². The molecule has 0 spiro atoms. The number of halogens is 1. The number of anilines is 2. The zero-order valence-corrected chi connectivity index (χ0v) is 26.2. The normalized spacial score (nSPS) is 19.7. The third-order valence-corrected chi connectivity index (χ3v) is 10.8. The van der Waals surface area contributed by atoms with Crippen LogP contribution in [-0.2, 0) is 12.8 Å². The standard InChI is InChI=1S/C35H30ClN7O4/c1-16-14-38-32-29(44)12-28-31(30(16)32)17(13-36)15-43(28)34(46)25-11-20-18-6-8-41(26(18)4-2-22(20)40-25)33(45)24-10-21-19-7-9-42(35(37)47)27(19)5-3-23(21)39-24/h2-5,10-12,14,17,31,38-40H,6-9,13,15H2,1H3,(H2,37,47)/t17-,31?/m1/s1. The van der Waals surface area contributed by atoms with Gasteiger partial charge in [-0.1, -0.05) is 0 Å². The Kier molecular flexibility index (Phi) is 5.87. The lowest BCUT2D eigenvalue weighted by molar-refractivity contribution is 0.0814. The summed E-state index contributed by atoms with van der Waals surface area (Å²) in [6.45, 7) is 3.41. The molecule has 4 aliphatic rings. The number of urea groups is 1. The number of likely N-dealkylation sites (tertiary alicyclic amines) is 1. The Morgan fingerprint density at radius 1 is 0.894 bits per heavy atom. The zero-order chi connectivity index (χ0) is 32.3. The molecule has 236 valence electrons. The van der Waals surface area contributed by atoms with Gasteiger partial charge in [0.25, 0.3) is 11.8 Å². The molecule has 5 aromatic rings. The maximum atomic E-state index is 14.1. The predicted molar refractivity (Wildman–Crippen MR) is 179 cm³/mol. The molecule has 3 aliphatic heterocycles. The van der Waals surface area contributed by atoms with Crippen molar-refractivity contribution in [3.63, 3.8) is 0 Å². The van der Waals surface area contributed by atoms with E-state index in [4.69, 9.17) is 17.3 Å². The highest BCUT2D eigenvalue weighted by atomic mass is 35.5. The van der Waals surface area contributed by atoms with E-state index >= 15 is 0 Å². The van der Waals surface area contributed by atoms with Gasteiger partial charge < -0.3 is 30.5 Å². The van der Waals surface area contributed by atoms with Crippen molar-refractivity contribution in [3.8, 4) is 0 Å². The van der Waals surface area contributed by atoms with Crippen molar-refractivity contribution in [1.82, 2.24) is 19.9 Å². The molecule has 12 heteroatoms. The number of alkyl halides is 1. The molecule has 0 bridgehead atoms. The number of allylic oxidation sites excluding steroid dienone is 2. The number of carbonyl (C=O) groups excluding carboxylic acids is 4. The van der Waals surface area contributed by atoms with E-state index in [1.165, 1.54) is 0 Å². The molecule has 4 amide bonds. The van der Waals surface area contributed by atoms with E-state index in [0.717, 1.165) is 55.4 Å². The number of ketones is 1. The monoisotopic (exact) mass is 647 g/mol. The molecule has 1 fully saturated rings. The van der Waals surface area contributed by atoms with Crippen LogP contribution in [0.2, 0.25) is 0 Å². The topological polar surface area (TPSA) is 151 Å². The highest BCUT2D eigenvalue weighted by Crippen LogP contribution is 2.47. The van der Waals surface area contributed by atoms with Gasteiger partial charge in [-0.05, 0) is 78.4 Å². The van der Waals surface area contributed by atoms with E-state index in [1.54, 1.807) is 20.8 Å². The Morgan fingerprint density at radius 3 is 2.11 bits per heavy atom. The Balaban J connectivity index is 1.02. The molecule has 0 radical (unpaired) electrons. The second-order valence-electron chi connectivity index (χ2n) is 12.9. The molecule has 9 rings (SSSR count). The lowest BCUT2D eigenvalue weighted by atomic mass is 9.81. The first-order valence-electron chi connectivity index (χ1n) is 15.7. The number of benzene rings is 2. The molecule has 2 atom stereocenters. The number of amides is 4. The molecule has 1 aliphatic carbocycles. The number of nitrogens with one attached hydrogen (secondary N) is 3. The number of nitrogens with two attached hydrogens (primary N) is 1. The third kappa shape index (κ3) is 3.86. The maximum absolute atomic E-state index is 14.1. The molecule has 1 saturated heterocycles. The summed E-state index contributed by atoms with van der Waals surface area (Å²) in [6, 6.07) is 10.8. The highest BCUT2D eigenvalue weighted by molar-refractivity contribution is 6.18. The van der Waals surface area contributed by atoms with Crippen LogP contribution in [0.15, 0.2) is 54.4 Å². The lowest BCUT2D eigenvalue weighted by Gasteiger charge is -2.24. The van der Waals surface area contributed by atoms with Crippen molar-refractivity contribution in [2.75, 3.05) is 35.3 Å². The fraction of sp³-hybridized carbons (Fsp3) is 0.257. The van der Waals surface area contributed by atoms with Crippen LogP contribution in [0.1, 0.15) is 59.6 Å². The number of rotatable bonds is 3. The first kappa shape index (κ1) is 28.0. The van der Waals surface area contributed by atoms with Gasteiger partial charge in [-0.15, -0.1) is 11.6 Å². The third-order valence-electron chi connectivity index (χ3n) is 10.4. The summed E-state index contributed by atoms with van der Waals surface area (Å²) in [5.74, 6) is -0.286. The van der Waals surface area contributed by atoms with Crippen LogP contribution in [0.4, 0.5) is 16.2 Å². The van der Waals surface area contributed by atoms with Crippen molar-refractivity contribution in [1.29, 1.82) is 0 Å². The minimum atomic E-state index is -0.486. The molecule has 11 nitrogen and oxygen atoms in total. The largest absolute Gasteiger partial charge is 0.358 e. The predicted octanol–water partition coefficient (Wildman–Crippen LogP) is 5.10. The van der Waals surface area contributed by atoms with Crippen LogP contribution >= 0.6 is 11.6 Å². The van der Waals surface area contributed by atoms with Crippen LogP contribution < -0.4 is 15.5 Å². The molecule has 6 heterocycles. The first-order valence-corrected chi connectivity index (χ1v) is 16.3. The number of nitrogens with zero attached hydrogens (tertiary/aromatic N) is 3. The second kappa shape index (κ2) is 9.85. The van der Waals surface area contributed by atoms with E-state index in [9.17, 15) is 19.2 Å². The zero-order valence-electron chi connectivity index (χ0n) is 25.4. The maximum Gasteiger partial charge on any atom is 0.319 e. The van der Waals surface area contributed by atoms with E-state index < -0.39 is 6.03 Å². The van der Waals surface area contributed by atoms with E-state index in [2.05, 4.69) is 15.0 Å². The van der Waals surface area contributed by atoms with Gasteiger partial charge in [-0.25, -0.2) is 4.79 Å². The summed E-state index contributed by atoms with van der Waals surface area (Å²) in [6.07, 6.45) is 4.72. The Bertz CT molecular complexity index is 2280. The molecule has 5 N–H and O–H groups in total. The molecule has 47 heavy (non-hydrogen) atoms. The van der Waals surface area contributed by atoms with Gasteiger partial charge in [-0.3, -0.25) is 19.3 Å². The molecule has 2 aromatic carbocycles. The number of aromatic nitrogens is 3. The Labute approximate surface area is 273 Å². The van der Waals surface area contributed by atoms with E-state index in [0.29, 0.717) is 61.1 Å². The van der Waals surface area contributed by atoms with E-state index in [1.807, 2.05) is 49.5 Å². The van der Waals surface area contributed by atoms with Crippen molar-refractivity contribution >= 4 is 68.4 Å². The minimum Gasteiger partial charge on any atom is -0.358 e. The summed E-state index contributed by atoms with van der Waals surface area (Å²) in [7, 11) is 0. The second-order valence-corrected chi connectivity index (χ2v) is 13.2. The van der Waals surface area contributed by atoms with Crippen molar-refractivity contribution < 1.29 is 19.2 Å². The van der Waals surface area contributed by atoms with Gasteiger partial charge in [-0.2, -0.15) is 0 Å². The van der Waals surface area contributed by atoms with Gasteiger partial charge in [0, 0.05) is 88.5 Å². The van der Waals surface area contributed by atoms with Crippen LogP contribution in [0.3, 0.4) is 0 Å². The summed E-state index contributed by atoms with van der Waals surface area (Å²) in [4.78, 5) is 67.5. The number of carbonyl (C=O) groups is 4. The van der Waals surface area contributed by atoms with Gasteiger partial charge in [0.2, 0.25) is 5.78 Å². The fourth-order valence-corrected chi connectivity index (χ4v) is 8.55. The van der Waals surface area contributed by atoms with Gasteiger partial charge in [0.05, 0.1) is 5.69 Å². The number of aromatic amines is 3. The van der Waals surface area contributed by atoms with Gasteiger partial charge >= 0.3 is 6.03 Å². The van der Waals surface area contributed by atoms with Gasteiger partial charge in [0.15, 0.2) is 0 Å². The number of aryl methyl sites for hydroxylation is 1. The summed E-state index contributed by atoms with van der Waals surface area (Å²) < 4.78 is 0. The van der Waals surface area contributed by atoms with Crippen LogP contribution in [-0.4, -0.2) is 69.0 Å². The number of hydrogen-bond acceptors (Lipinski definition) is 4. The van der Waals surface area contributed by atoms with E-state index in [-0.39, 0.29) is 29.4 Å². The number of fused-ring (bicyclic) bond motifs is 9. The van der Waals surface area contributed by atoms with Crippen LogP contribution in [0.5, 0.6) is 0 Å². The van der Waals surface area contributed by atoms with Crippen molar-refractivity contribution in [3.05, 3.63) is 93.7 Å². The highest BCUT2D eigenvalue weighted by Gasteiger charge is 2.46. The average Bonchev–Trinajstić information content (AvgIpc) is 3.90. The SMILES string of the molecule is Cc1c[nH]c2c1C1C(=CC2=O)N(C(=O)c2cc3c4c(ccc3[nH]2)N(C(=O)c2cc3c5c(ccc3[nH]2)N(C(N)=O)CC5)CC4)C[C@H]1CCl. The minimum absolute atomic E-state index is 0.0193. The number of hydrogen-bond donors (Lipinski definition) is 4. The quantitative estimate of drug-likeness (QED) is 0.201. The molecule has 1 unspecified atom stereocenters. The average molecular weight is 648 g/mol. The van der Waals surface area contributed by atoms with Crippen LogP contribution in [0.25, 0.3) is 21.8 Å². The summed E-state index contributed by atoms with van der Waals surface area (Å²) in [5, 5.41) is 1.81. The van der Waals surface area contributed by atoms with Crippen molar-refractivity contribution in [2.45, 2.75) is 25.7 Å². The number of H-pyrrole nitrogens is 3. The summed E-state index contributed by atoms with van der Waals surface area (Å²) in [5.41, 5.74) is 14.9. The molecular weight excluding hydrogens is 618 g/mol. The molecular formula is C35H30ClN7O4. The Morgan fingerprint density at radius 2 is 1.49 bits per heavy atom. The molecule has 3 aromatic heterocycles. The first-order chi connectivity index (χ1) is 22.7. The smallest absolute Gasteiger partial charge is 0.319 e. The van der Waals surface area contributed by atoms with Gasteiger partial charge in [0.1, 0.15) is 11.4 Å². The van der Waals surface area contributed by atoms with Crippen molar-refractivity contribution in [2.24, 2.45) is 11.7 Å². The Hall–Kier alpha value is -5.29. The number of primary amides is 1.